The zero-order chi connectivity index (χ0) is 15.6. The molecule has 21 heavy (non-hydrogen) atoms. The molecule has 0 aromatic rings. The fraction of sp³-hybridized carbons (Fsp3) is 0.786. The second-order valence-corrected chi connectivity index (χ2v) is 5.82. The van der Waals surface area contributed by atoms with Gasteiger partial charge in [-0.25, -0.2) is 0 Å². The third kappa shape index (κ3) is 3.72. The predicted molar refractivity (Wildman–Crippen MR) is 73.4 cm³/mol. The van der Waals surface area contributed by atoms with Gasteiger partial charge in [0.25, 0.3) is 0 Å². The highest BCUT2D eigenvalue weighted by molar-refractivity contribution is 5.90. The van der Waals surface area contributed by atoms with Crippen LogP contribution >= 0.6 is 0 Å². The van der Waals surface area contributed by atoms with Crippen LogP contribution in [0.2, 0.25) is 0 Å². The van der Waals surface area contributed by atoms with E-state index in [0.29, 0.717) is 13.2 Å². The number of hydrogen-bond donors (Lipinski definition) is 2. The van der Waals surface area contributed by atoms with Gasteiger partial charge in [-0.15, -0.1) is 0 Å². The molecule has 3 unspecified atom stereocenters. The van der Waals surface area contributed by atoms with Crippen LogP contribution in [0.4, 0.5) is 0 Å². The topological polar surface area (TPSA) is 95.9 Å². The van der Waals surface area contributed by atoms with Gasteiger partial charge in [0.15, 0.2) is 0 Å². The van der Waals surface area contributed by atoms with E-state index in [2.05, 4.69) is 5.32 Å². The first-order chi connectivity index (χ1) is 9.91. The average Bonchev–Trinajstić information content (AvgIpc) is 3.28. The van der Waals surface area contributed by atoms with Crippen molar-refractivity contribution < 1.29 is 24.2 Å². The van der Waals surface area contributed by atoms with Crippen LogP contribution in [0.3, 0.4) is 0 Å². The molecule has 118 valence electrons. The zero-order valence-corrected chi connectivity index (χ0v) is 12.4. The third-order valence-corrected chi connectivity index (χ3v) is 4.17. The lowest BCUT2D eigenvalue weighted by atomic mass is 9.94. The van der Waals surface area contributed by atoms with E-state index in [1.54, 1.807) is 6.92 Å². The number of morpholine rings is 1. The van der Waals surface area contributed by atoms with E-state index in [0.717, 1.165) is 12.8 Å². The number of ether oxygens (including phenoxy) is 1. The van der Waals surface area contributed by atoms with Crippen molar-refractivity contribution >= 4 is 17.8 Å². The summed E-state index contributed by atoms with van der Waals surface area (Å²) < 4.78 is 5.30. The van der Waals surface area contributed by atoms with Gasteiger partial charge in [-0.2, -0.15) is 0 Å². The van der Waals surface area contributed by atoms with Gasteiger partial charge in [-0.1, -0.05) is 13.8 Å². The molecule has 2 fully saturated rings. The van der Waals surface area contributed by atoms with Crippen LogP contribution in [0.1, 0.15) is 26.7 Å². The van der Waals surface area contributed by atoms with Gasteiger partial charge in [-0.3, -0.25) is 14.4 Å². The molecule has 1 heterocycles. The molecule has 3 atom stereocenters. The number of hydrogen-bond acceptors (Lipinski definition) is 4. The highest BCUT2D eigenvalue weighted by Crippen LogP contribution is 2.21. The SMILES string of the molecule is CC(C(=O)O)C(C)C(=O)N1CCOCC1C(=O)NC1CC1. The van der Waals surface area contributed by atoms with E-state index in [4.69, 9.17) is 9.84 Å². The Morgan fingerprint density at radius 2 is 1.90 bits per heavy atom. The molecular formula is C14H22N2O5. The van der Waals surface area contributed by atoms with E-state index in [1.165, 1.54) is 11.8 Å². The lowest BCUT2D eigenvalue weighted by molar-refractivity contribution is -0.156. The smallest absolute Gasteiger partial charge is 0.307 e. The van der Waals surface area contributed by atoms with Crippen LogP contribution in [0.15, 0.2) is 0 Å². The second-order valence-electron chi connectivity index (χ2n) is 5.82. The molecule has 2 rings (SSSR count). The maximum atomic E-state index is 12.5. The lowest BCUT2D eigenvalue weighted by Crippen LogP contribution is -2.57. The Kier molecular flexibility index (Phi) is 4.82. The summed E-state index contributed by atoms with van der Waals surface area (Å²) >= 11 is 0. The molecule has 0 radical (unpaired) electrons. The first-order valence-electron chi connectivity index (χ1n) is 7.33. The second kappa shape index (κ2) is 6.43. The number of nitrogens with one attached hydrogen (secondary N) is 1. The quantitative estimate of drug-likeness (QED) is 0.736. The minimum absolute atomic E-state index is 0.165. The number of aliphatic carboxylic acids is 1. The van der Waals surface area contributed by atoms with Crippen LogP contribution in [0.5, 0.6) is 0 Å². The minimum Gasteiger partial charge on any atom is -0.481 e. The van der Waals surface area contributed by atoms with E-state index in [1.807, 2.05) is 0 Å². The Morgan fingerprint density at radius 1 is 1.24 bits per heavy atom. The number of carbonyl (C=O) groups excluding carboxylic acids is 2. The number of nitrogens with zero attached hydrogens (tertiary/aromatic N) is 1. The fourth-order valence-electron chi connectivity index (χ4n) is 2.30. The Labute approximate surface area is 123 Å². The maximum absolute atomic E-state index is 12.5. The van der Waals surface area contributed by atoms with Crippen molar-refractivity contribution in [3.05, 3.63) is 0 Å². The normalized spacial score (nSPS) is 25.0. The van der Waals surface area contributed by atoms with Crippen LogP contribution in [0.25, 0.3) is 0 Å². The summed E-state index contributed by atoms with van der Waals surface area (Å²) in [7, 11) is 0. The van der Waals surface area contributed by atoms with Gasteiger partial charge >= 0.3 is 5.97 Å². The molecular weight excluding hydrogens is 276 g/mol. The first-order valence-corrected chi connectivity index (χ1v) is 7.33. The molecule has 1 aliphatic carbocycles. The van der Waals surface area contributed by atoms with Gasteiger partial charge in [-0.05, 0) is 12.8 Å². The number of amides is 2. The summed E-state index contributed by atoms with van der Waals surface area (Å²) in [6.45, 7) is 3.95. The molecule has 7 heteroatoms. The molecule has 2 aliphatic rings. The van der Waals surface area contributed by atoms with E-state index >= 15 is 0 Å². The average molecular weight is 298 g/mol. The summed E-state index contributed by atoms with van der Waals surface area (Å²) in [5.41, 5.74) is 0. The highest BCUT2D eigenvalue weighted by Gasteiger charge is 2.38. The molecule has 0 aromatic heterocycles. The van der Waals surface area contributed by atoms with Crippen molar-refractivity contribution in [2.75, 3.05) is 19.8 Å². The Morgan fingerprint density at radius 3 is 2.48 bits per heavy atom. The van der Waals surface area contributed by atoms with Gasteiger partial charge in [0.05, 0.1) is 19.1 Å². The van der Waals surface area contributed by atoms with Crippen LogP contribution < -0.4 is 5.32 Å². The first kappa shape index (κ1) is 15.8. The summed E-state index contributed by atoms with van der Waals surface area (Å²) in [5.74, 6) is -2.97. The molecule has 1 saturated heterocycles. The summed E-state index contributed by atoms with van der Waals surface area (Å²) in [6, 6.07) is -0.443. The number of rotatable bonds is 5. The van der Waals surface area contributed by atoms with Crippen molar-refractivity contribution in [2.45, 2.75) is 38.8 Å². The van der Waals surface area contributed by atoms with Gasteiger partial charge in [0, 0.05) is 18.5 Å². The zero-order valence-electron chi connectivity index (χ0n) is 12.4. The standard InChI is InChI=1S/C14H22N2O5/c1-8(9(2)14(19)20)13(18)16-5-6-21-7-11(16)12(17)15-10-3-4-10/h8-11H,3-7H2,1-2H3,(H,15,17)(H,19,20). The molecule has 0 aromatic carbocycles. The maximum Gasteiger partial charge on any atom is 0.307 e. The molecule has 0 spiro atoms. The minimum atomic E-state index is -1.01. The van der Waals surface area contributed by atoms with E-state index in [9.17, 15) is 14.4 Å². The number of carbonyl (C=O) groups is 3. The predicted octanol–water partition coefficient (Wildman–Crippen LogP) is -0.151. The fourth-order valence-corrected chi connectivity index (χ4v) is 2.30. The van der Waals surface area contributed by atoms with Crippen molar-refractivity contribution in [3.63, 3.8) is 0 Å². The molecule has 2 N–H and O–H groups in total. The van der Waals surface area contributed by atoms with Crippen molar-refractivity contribution in [3.8, 4) is 0 Å². The molecule has 0 bridgehead atoms. The Bertz CT molecular complexity index is 435. The Hall–Kier alpha value is -1.63. The van der Waals surface area contributed by atoms with Crippen LogP contribution in [-0.4, -0.2) is 59.6 Å². The monoisotopic (exact) mass is 298 g/mol. The summed E-state index contributed by atoms with van der Waals surface area (Å²) in [5, 5.41) is 11.9. The van der Waals surface area contributed by atoms with Gasteiger partial charge in [0.1, 0.15) is 6.04 Å². The van der Waals surface area contributed by atoms with Crippen molar-refractivity contribution in [1.82, 2.24) is 10.2 Å². The van der Waals surface area contributed by atoms with Crippen molar-refractivity contribution in [1.29, 1.82) is 0 Å². The van der Waals surface area contributed by atoms with E-state index in [-0.39, 0.29) is 24.5 Å². The third-order valence-electron chi connectivity index (χ3n) is 4.17. The Balaban J connectivity index is 2.04. The molecule has 1 aliphatic heterocycles. The van der Waals surface area contributed by atoms with E-state index < -0.39 is 23.8 Å². The lowest BCUT2D eigenvalue weighted by Gasteiger charge is -2.36. The van der Waals surface area contributed by atoms with Gasteiger partial charge < -0.3 is 20.1 Å². The molecule has 2 amide bonds. The molecule has 1 saturated carbocycles. The largest absolute Gasteiger partial charge is 0.481 e. The highest BCUT2D eigenvalue weighted by atomic mass is 16.5. The summed E-state index contributed by atoms with van der Waals surface area (Å²) in [4.78, 5) is 37.2. The molecule has 7 nitrogen and oxygen atoms in total. The van der Waals surface area contributed by atoms with Crippen LogP contribution in [0, 0.1) is 11.8 Å². The number of carboxylic acids is 1. The number of carboxylic acid groups (broad SMARTS) is 1. The summed E-state index contributed by atoms with van der Waals surface area (Å²) in [6.07, 6.45) is 1.94. The van der Waals surface area contributed by atoms with Crippen LogP contribution in [-0.2, 0) is 19.1 Å². The van der Waals surface area contributed by atoms with Crippen molar-refractivity contribution in [2.24, 2.45) is 11.8 Å². The van der Waals surface area contributed by atoms with Gasteiger partial charge in [0.2, 0.25) is 11.8 Å².